The largest absolute Gasteiger partial charge is 0.498 e. The minimum absolute atomic E-state index is 0.361. The summed E-state index contributed by atoms with van der Waals surface area (Å²) >= 11 is 0. The maximum absolute atomic E-state index is 6.08. The first-order valence-corrected chi connectivity index (χ1v) is 10.1. The summed E-state index contributed by atoms with van der Waals surface area (Å²) in [6.07, 6.45) is 7.39. The lowest BCUT2D eigenvalue weighted by Gasteiger charge is -2.37. The van der Waals surface area contributed by atoms with Gasteiger partial charge in [-0.15, -0.1) is 0 Å². The zero-order valence-corrected chi connectivity index (χ0v) is 17.4. The Balaban J connectivity index is 1.63. The van der Waals surface area contributed by atoms with Gasteiger partial charge < -0.3 is 19.9 Å². The average Bonchev–Trinajstić information content (AvgIpc) is 2.84. The fraction of sp³-hybridized carbons (Fsp3) is 0.789. The predicted octanol–water partition coefficient (Wildman–Crippen LogP) is 1.03. The van der Waals surface area contributed by atoms with Crippen molar-refractivity contribution in [3.63, 3.8) is 0 Å². The second kappa shape index (κ2) is 8.03. The Bertz CT molecular complexity index is 607. The van der Waals surface area contributed by atoms with Crippen LogP contribution in [-0.2, 0) is 9.31 Å². The summed E-state index contributed by atoms with van der Waals surface area (Å²) in [7, 11) is 1.63. The molecule has 2 saturated heterocycles. The zero-order chi connectivity index (χ0) is 19.7. The summed E-state index contributed by atoms with van der Waals surface area (Å²) in [5.74, 6) is 0.730. The van der Waals surface area contributed by atoms with Gasteiger partial charge in [0.05, 0.1) is 11.2 Å². The summed E-state index contributed by atoms with van der Waals surface area (Å²) in [4.78, 5) is 13.8. The van der Waals surface area contributed by atoms with Crippen molar-refractivity contribution in [3.8, 4) is 0 Å². The molecule has 1 aromatic heterocycles. The molecule has 0 unspecified atom stereocenters. The fourth-order valence-corrected chi connectivity index (χ4v) is 3.75. The number of piperidine rings is 1. The number of anilines is 1. The molecular weight excluding hydrogens is 341 g/mol. The van der Waals surface area contributed by atoms with Crippen molar-refractivity contribution in [1.29, 1.82) is 0 Å². The highest BCUT2D eigenvalue weighted by Crippen LogP contribution is 2.36. The zero-order valence-electron chi connectivity index (χ0n) is 17.4. The van der Waals surface area contributed by atoms with Gasteiger partial charge in [-0.25, -0.2) is 9.97 Å². The molecular formula is C19H34BN5O2. The quantitative estimate of drug-likeness (QED) is 0.744. The van der Waals surface area contributed by atoms with E-state index in [1.54, 1.807) is 0 Å². The highest BCUT2D eigenvalue weighted by Gasteiger charge is 2.52. The lowest BCUT2D eigenvalue weighted by molar-refractivity contribution is 0.00578. The molecule has 0 amide bonds. The van der Waals surface area contributed by atoms with Gasteiger partial charge >= 0.3 is 7.12 Å². The topological polar surface area (TPSA) is 76.7 Å². The highest BCUT2D eigenvalue weighted by atomic mass is 16.7. The fourth-order valence-electron chi connectivity index (χ4n) is 3.75. The molecule has 2 aliphatic heterocycles. The van der Waals surface area contributed by atoms with Crippen LogP contribution in [0.4, 0.5) is 5.95 Å². The Kier molecular flexibility index (Phi) is 6.10. The lowest BCUT2D eigenvalue weighted by atomic mass is 9.81. The third-order valence-electron chi connectivity index (χ3n) is 6.18. The van der Waals surface area contributed by atoms with E-state index in [1.807, 2.05) is 40.1 Å². The Labute approximate surface area is 163 Å². The number of hydrogen-bond acceptors (Lipinski definition) is 7. The van der Waals surface area contributed by atoms with Crippen molar-refractivity contribution in [1.82, 2.24) is 14.9 Å². The van der Waals surface area contributed by atoms with E-state index < -0.39 is 7.12 Å². The van der Waals surface area contributed by atoms with Crippen molar-refractivity contribution in [3.05, 3.63) is 12.4 Å². The second-order valence-electron chi connectivity index (χ2n) is 8.76. The summed E-state index contributed by atoms with van der Waals surface area (Å²) in [5, 5.41) is 0. The smallest absolute Gasteiger partial charge is 0.399 e. The number of aromatic nitrogens is 2. The molecule has 27 heavy (non-hydrogen) atoms. The van der Waals surface area contributed by atoms with Crippen LogP contribution in [0.3, 0.4) is 0 Å². The summed E-state index contributed by atoms with van der Waals surface area (Å²) in [6, 6.07) is 0.513. The van der Waals surface area contributed by atoms with Gasteiger partial charge in [0, 0.05) is 50.6 Å². The van der Waals surface area contributed by atoms with Gasteiger partial charge in [-0.05, 0) is 47.1 Å². The molecule has 1 atom stereocenters. The standard InChI is InChI=1S/C19H34BN5O2/c1-18(2)19(3,4)27-20(26-18)15-12-22-17(23-13-15)24(5)14-16-8-6-7-10-25(16)11-9-21/h12-13,16H,6-11,14,21H2,1-5H3/t16-/m0/s1. The lowest BCUT2D eigenvalue weighted by Crippen LogP contribution is -2.48. The molecule has 0 aromatic carbocycles. The Hall–Kier alpha value is -1.22. The van der Waals surface area contributed by atoms with E-state index in [2.05, 4.69) is 26.8 Å². The van der Waals surface area contributed by atoms with Gasteiger partial charge in [-0.3, -0.25) is 4.90 Å². The molecule has 0 spiro atoms. The van der Waals surface area contributed by atoms with Crippen LogP contribution in [0.15, 0.2) is 12.4 Å². The Morgan fingerprint density at radius 1 is 1.19 bits per heavy atom. The van der Waals surface area contributed by atoms with Crippen LogP contribution >= 0.6 is 0 Å². The normalized spacial score (nSPS) is 25.0. The summed E-state index contributed by atoms with van der Waals surface area (Å²) in [6.45, 7) is 11.9. The van der Waals surface area contributed by atoms with E-state index in [0.717, 1.165) is 31.0 Å². The third-order valence-corrected chi connectivity index (χ3v) is 6.18. The first-order valence-electron chi connectivity index (χ1n) is 10.1. The Morgan fingerprint density at radius 2 is 1.81 bits per heavy atom. The number of likely N-dealkylation sites (tertiary alicyclic amines) is 1. The number of hydrogen-bond donors (Lipinski definition) is 1. The number of nitrogens with two attached hydrogens (primary N) is 1. The van der Waals surface area contributed by atoms with Crippen LogP contribution < -0.4 is 16.1 Å². The van der Waals surface area contributed by atoms with Crippen molar-refractivity contribution < 1.29 is 9.31 Å². The molecule has 2 fully saturated rings. The van der Waals surface area contributed by atoms with Crippen molar-refractivity contribution in [2.45, 2.75) is 64.2 Å². The highest BCUT2D eigenvalue weighted by molar-refractivity contribution is 6.61. The SMILES string of the molecule is CN(C[C@@H]1CCCCN1CCN)c1ncc(B2OC(C)(C)C(C)(C)O2)cn1. The molecule has 8 heteroatoms. The number of nitrogens with zero attached hydrogens (tertiary/aromatic N) is 4. The molecule has 0 radical (unpaired) electrons. The summed E-state index contributed by atoms with van der Waals surface area (Å²) < 4.78 is 12.2. The van der Waals surface area contributed by atoms with Crippen LogP contribution in [0.2, 0.25) is 0 Å². The maximum atomic E-state index is 6.08. The van der Waals surface area contributed by atoms with E-state index in [0.29, 0.717) is 12.6 Å². The first kappa shape index (κ1) is 20.5. The van der Waals surface area contributed by atoms with E-state index in [9.17, 15) is 0 Å². The van der Waals surface area contributed by atoms with Gasteiger partial charge in [0.1, 0.15) is 0 Å². The monoisotopic (exact) mass is 375 g/mol. The van der Waals surface area contributed by atoms with Crippen LogP contribution in [0.5, 0.6) is 0 Å². The third kappa shape index (κ3) is 4.45. The molecule has 0 saturated carbocycles. The molecule has 3 rings (SSSR count). The van der Waals surface area contributed by atoms with Crippen LogP contribution in [0.1, 0.15) is 47.0 Å². The molecule has 1 aromatic rings. The molecule has 150 valence electrons. The van der Waals surface area contributed by atoms with Gasteiger partial charge in [0.25, 0.3) is 0 Å². The van der Waals surface area contributed by atoms with E-state index in [4.69, 9.17) is 15.0 Å². The average molecular weight is 375 g/mol. The maximum Gasteiger partial charge on any atom is 0.498 e. The molecule has 0 bridgehead atoms. The number of rotatable bonds is 6. The number of likely N-dealkylation sites (N-methyl/N-ethyl adjacent to an activating group) is 1. The molecule has 3 heterocycles. The molecule has 0 aliphatic carbocycles. The van der Waals surface area contributed by atoms with E-state index in [-0.39, 0.29) is 11.2 Å². The minimum Gasteiger partial charge on any atom is -0.399 e. The van der Waals surface area contributed by atoms with E-state index >= 15 is 0 Å². The van der Waals surface area contributed by atoms with Gasteiger partial charge in [-0.1, -0.05) is 6.42 Å². The molecule has 2 aliphatic rings. The van der Waals surface area contributed by atoms with Gasteiger partial charge in [0.2, 0.25) is 5.95 Å². The van der Waals surface area contributed by atoms with Gasteiger partial charge in [-0.2, -0.15) is 0 Å². The first-order chi connectivity index (χ1) is 12.7. The van der Waals surface area contributed by atoms with Gasteiger partial charge in [0.15, 0.2) is 0 Å². The molecule has 2 N–H and O–H groups in total. The van der Waals surface area contributed by atoms with Crippen LogP contribution in [0.25, 0.3) is 0 Å². The van der Waals surface area contributed by atoms with Crippen molar-refractivity contribution in [2.24, 2.45) is 5.73 Å². The van der Waals surface area contributed by atoms with Crippen LogP contribution in [0, 0.1) is 0 Å². The van der Waals surface area contributed by atoms with Crippen molar-refractivity contribution >= 4 is 18.5 Å². The Morgan fingerprint density at radius 3 is 2.41 bits per heavy atom. The molecule has 7 nitrogen and oxygen atoms in total. The predicted molar refractivity (Wildman–Crippen MR) is 109 cm³/mol. The van der Waals surface area contributed by atoms with E-state index in [1.165, 1.54) is 19.3 Å². The van der Waals surface area contributed by atoms with Crippen LogP contribution in [-0.4, -0.2) is 72.5 Å². The van der Waals surface area contributed by atoms with Crippen molar-refractivity contribution in [2.75, 3.05) is 38.1 Å². The second-order valence-corrected chi connectivity index (χ2v) is 8.76. The minimum atomic E-state index is -0.423. The summed E-state index contributed by atoms with van der Waals surface area (Å²) in [5.41, 5.74) is 5.91.